The molecule has 0 radical (unpaired) electrons. The number of fused-ring (bicyclic) bond motifs is 1. The number of halogens is 3. The minimum Gasteiger partial charge on any atom is -0.495 e. The lowest BCUT2D eigenvalue weighted by Gasteiger charge is -2.12. The third-order valence-corrected chi connectivity index (χ3v) is 5.06. The van der Waals surface area contributed by atoms with Crippen LogP contribution < -0.4 is 14.2 Å². The van der Waals surface area contributed by atoms with Gasteiger partial charge in [-0.15, -0.1) is 0 Å². The second-order valence-corrected chi connectivity index (χ2v) is 7.08. The number of esters is 1. The molecule has 1 heterocycles. The van der Waals surface area contributed by atoms with Crippen LogP contribution in [0.5, 0.6) is 17.2 Å². The first-order valence-electron chi connectivity index (χ1n) is 9.37. The van der Waals surface area contributed by atoms with E-state index >= 15 is 0 Å². The van der Waals surface area contributed by atoms with Gasteiger partial charge < -0.3 is 14.2 Å². The molecule has 0 saturated carbocycles. The lowest BCUT2D eigenvalue weighted by molar-refractivity contribution is -0.131. The van der Waals surface area contributed by atoms with Crippen LogP contribution in [-0.2, 0) is 11.2 Å². The van der Waals surface area contributed by atoms with Crippen LogP contribution >= 0.6 is 11.6 Å². The van der Waals surface area contributed by atoms with Gasteiger partial charge in [0.2, 0.25) is 0 Å². The van der Waals surface area contributed by atoms with Gasteiger partial charge in [-0.3, -0.25) is 14.2 Å². The number of alkyl halides is 2. The molecular formula is C22H20ClF2NO5. The van der Waals surface area contributed by atoms with E-state index in [0.717, 1.165) is 0 Å². The van der Waals surface area contributed by atoms with E-state index in [1.165, 1.54) is 42.9 Å². The van der Waals surface area contributed by atoms with Crippen molar-refractivity contribution in [2.24, 2.45) is 0 Å². The van der Waals surface area contributed by atoms with Crippen LogP contribution in [0.15, 0.2) is 30.3 Å². The molecule has 0 spiro atoms. The molecule has 0 unspecified atom stereocenters. The van der Waals surface area contributed by atoms with Crippen molar-refractivity contribution in [3.63, 3.8) is 0 Å². The molecule has 0 aliphatic heterocycles. The topological polar surface area (TPSA) is 66.8 Å². The van der Waals surface area contributed by atoms with E-state index in [-0.39, 0.29) is 17.1 Å². The van der Waals surface area contributed by atoms with Crippen LogP contribution in [0.1, 0.15) is 35.5 Å². The van der Waals surface area contributed by atoms with Crippen LogP contribution in [-0.4, -0.2) is 30.2 Å². The number of hydrogen-bond donors (Lipinski definition) is 0. The van der Waals surface area contributed by atoms with Gasteiger partial charge in [0.15, 0.2) is 5.75 Å². The first-order valence-corrected chi connectivity index (χ1v) is 9.75. The first kappa shape index (κ1) is 22.6. The zero-order valence-electron chi connectivity index (χ0n) is 17.3. The summed E-state index contributed by atoms with van der Waals surface area (Å²) in [5, 5.41) is 0.843. The minimum absolute atomic E-state index is 0.0673. The number of benzene rings is 2. The number of rotatable bonds is 6. The summed E-state index contributed by atoms with van der Waals surface area (Å²) in [6.45, 7) is 1.84. The maximum atomic E-state index is 13.3. The van der Waals surface area contributed by atoms with Crippen molar-refractivity contribution in [1.29, 1.82) is 0 Å². The Bertz CT molecular complexity index is 1160. The van der Waals surface area contributed by atoms with Crippen LogP contribution in [0.2, 0.25) is 5.02 Å². The van der Waals surface area contributed by atoms with Gasteiger partial charge in [-0.25, -0.2) is 0 Å². The first-order chi connectivity index (χ1) is 14.7. The Morgan fingerprint density at radius 3 is 2.32 bits per heavy atom. The Morgan fingerprint density at radius 2 is 1.81 bits per heavy atom. The minimum atomic E-state index is -2.96. The standard InChI is InChI=1S/C22H20ClF2NO5/c1-5-15-18-17(10-16(23)20(15)29-4)26(11(2)19(18)30-12(3)27)21(28)13-6-8-14(9-7-13)31-22(24)25/h6-10,22H,5H2,1-4H3. The summed E-state index contributed by atoms with van der Waals surface area (Å²) in [4.78, 5) is 25.1. The second kappa shape index (κ2) is 8.93. The third-order valence-electron chi connectivity index (χ3n) is 4.78. The van der Waals surface area contributed by atoms with Gasteiger partial charge >= 0.3 is 12.6 Å². The van der Waals surface area contributed by atoms with Crippen molar-refractivity contribution in [2.45, 2.75) is 33.8 Å². The average Bonchev–Trinajstić information content (AvgIpc) is 2.97. The fourth-order valence-corrected chi connectivity index (χ4v) is 3.85. The SMILES string of the molecule is CCc1c(OC)c(Cl)cc2c1c(OC(C)=O)c(C)n2C(=O)c1ccc(OC(F)F)cc1. The normalized spacial score (nSPS) is 11.1. The third kappa shape index (κ3) is 4.20. The zero-order valence-corrected chi connectivity index (χ0v) is 18.0. The molecule has 0 atom stereocenters. The van der Waals surface area contributed by atoms with Crippen molar-refractivity contribution in [3.8, 4) is 17.2 Å². The fourth-order valence-electron chi connectivity index (χ4n) is 3.56. The highest BCUT2D eigenvalue weighted by molar-refractivity contribution is 6.33. The van der Waals surface area contributed by atoms with Gasteiger partial charge in [0.25, 0.3) is 5.91 Å². The molecule has 2 aromatic carbocycles. The molecule has 3 rings (SSSR count). The summed E-state index contributed by atoms with van der Waals surface area (Å²) in [7, 11) is 1.48. The lowest BCUT2D eigenvalue weighted by atomic mass is 10.1. The highest BCUT2D eigenvalue weighted by atomic mass is 35.5. The summed E-state index contributed by atoms with van der Waals surface area (Å²) in [5.41, 5.74) is 1.74. The van der Waals surface area contributed by atoms with Crippen LogP contribution in [0.3, 0.4) is 0 Å². The molecule has 0 aliphatic carbocycles. The Labute approximate surface area is 182 Å². The van der Waals surface area contributed by atoms with Crippen molar-refractivity contribution >= 4 is 34.4 Å². The summed E-state index contributed by atoms with van der Waals surface area (Å²) in [5.74, 6) is -0.391. The summed E-state index contributed by atoms with van der Waals surface area (Å²) >= 11 is 6.40. The smallest absolute Gasteiger partial charge is 0.387 e. The molecule has 6 nitrogen and oxygen atoms in total. The summed E-state index contributed by atoms with van der Waals surface area (Å²) < 4.78 is 41.4. The number of methoxy groups -OCH3 is 1. The Balaban J connectivity index is 2.24. The molecule has 3 aromatic rings. The molecule has 0 aliphatic rings. The van der Waals surface area contributed by atoms with Crippen molar-refractivity contribution in [1.82, 2.24) is 4.57 Å². The van der Waals surface area contributed by atoms with E-state index in [2.05, 4.69) is 4.74 Å². The highest BCUT2D eigenvalue weighted by Crippen LogP contribution is 2.43. The second-order valence-electron chi connectivity index (χ2n) is 6.67. The molecule has 9 heteroatoms. The van der Waals surface area contributed by atoms with Crippen LogP contribution in [0.25, 0.3) is 10.9 Å². The average molecular weight is 452 g/mol. The molecule has 31 heavy (non-hydrogen) atoms. The van der Waals surface area contributed by atoms with E-state index in [4.69, 9.17) is 21.1 Å². The van der Waals surface area contributed by atoms with Gasteiger partial charge in [0, 0.05) is 18.1 Å². The number of hydrogen-bond acceptors (Lipinski definition) is 5. The lowest BCUT2D eigenvalue weighted by Crippen LogP contribution is -2.14. The summed E-state index contributed by atoms with van der Waals surface area (Å²) in [6, 6.07) is 6.88. The van der Waals surface area contributed by atoms with Gasteiger partial charge in [-0.1, -0.05) is 18.5 Å². The Hall–Kier alpha value is -3.13. The maximum Gasteiger partial charge on any atom is 0.387 e. The molecule has 0 N–H and O–H groups in total. The fraction of sp³-hybridized carbons (Fsp3) is 0.273. The van der Waals surface area contributed by atoms with Crippen molar-refractivity contribution < 1.29 is 32.6 Å². The molecule has 0 amide bonds. The van der Waals surface area contributed by atoms with Crippen LogP contribution in [0, 0.1) is 6.92 Å². The predicted molar refractivity (Wildman–Crippen MR) is 112 cm³/mol. The number of nitrogens with zero attached hydrogens (tertiary/aromatic N) is 1. The molecule has 1 aromatic heterocycles. The number of aryl methyl sites for hydroxylation is 1. The predicted octanol–water partition coefficient (Wildman–Crippen LogP) is 5.39. The quantitative estimate of drug-likeness (QED) is 0.470. The van der Waals surface area contributed by atoms with E-state index in [1.54, 1.807) is 13.0 Å². The van der Waals surface area contributed by atoms with Gasteiger partial charge in [-0.2, -0.15) is 8.78 Å². The molecule has 164 valence electrons. The molecular weight excluding hydrogens is 432 g/mol. The van der Waals surface area contributed by atoms with E-state index in [9.17, 15) is 18.4 Å². The van der Waals surface area contributed by atoms with E-state index in [0.29, 0.717) is 39.4 Å². The zero-order chi connectivity index (χ0) is 22.9. The van der Waals surface area contributed by atoms with Gasteiger partial charge in [0.05, 0.1) is 28.7 Å². The van der Waals surface area contributed by atoms with Crippen molar-refractivity contribution in [3.05, 3.63) is 52.2 Å². The monoisotopic (exact) mass is 451 g/mol. The molecule has 0 saturated heterocycles. The molecule has 0 bridgehead atoms. The van der Waals surface area contributed by atoms with Crippen molar-refractivity contribution in [2.75, 3.05) is 7.11 Å². The number of carbonyl (C=O) groups excluding carboxylic acids is 2. The Kier molecular flexibility index (Phi) is 6.50. The summed E-state index contributed by atoms with van der Waals surface area (Å²) in [6.07, 6.45) is 0.506. The highest BCUT2D eigenvalue weighted by Gasteiger charge is 2.27. The maximum absolute atomic E-state index is 13.3. The largest absolute Gasteiger partial charge is 0.495 e. The van der Waals surface area contributed by atoms with E-state index in [1.807, 2.05) is 6.92 Å². The van der Waals surface area contributed by atoms with Gasteiger partial charge in [-0.05, 0) is 43.7 Å². The van der Waals surface area contributed by atoms with Gasteiger partial charge in [0.1, 0.15) is 11.5 Å². The number of ether oxygens (including phenoxy) is 3. The Morgan fingerprint density at radius 1 is 1.16 bits per heavy atom. The van der Waals surface area contributed by atoms with Crippen LogP contribution in [0.4, 0.5) is 8.78 Å². The number of aromatic nitrogens is 1. The molecule has 0 fully saturated rings. The van der Waals surface area contributed by atoms with E-state index < -0.39 is 18.5 Å². The number of carbonyl (C=O) groups is 2.